The predicted octanol–water partition coefficient (Wildman–Crippen LogP) is 3.56. The van der Waals surface area contributed by atoms with Crippen molar-refractivity contribution in [3.05, 3.63) is 29.3 Å². The van der Waals surface area contributed by atoms with Gasteiger partial charge in [-0.25, -0.2) is 0 Å². The Morgan fingerprint density at radius 3 is 3.00 bits per heavy atom. The van der Waals surface area contributed by atoms with Gasteiger partial charge in [-0.3, -0.25) is 0 Å². The van der Waals surface area contributed by atoms with E-state index in [2.05, 4.69) is 43.8 Å². The second-order valence-corrected chi connectivity index (χ2v) is 5.02. The van der Waals surface area contributed by atoms with Crippen molar-refractivity contribution in [2.75, 3.05) is 0 Å². The minimum atomic E-state index is 0.447. The van der Waals surface area contributed by atoms with E-state index < -0.39 is 0 Å². The normalized spacial score (nSPS) is 10.4. The van der Waals surface area contributed by atoms with Crippen LogP contribution in [0.3, 0.4) is 0 Å². The van der Waals surface area contributed by atoms with Crippen LogP contribution in [-0.4, -0.2) is 0 Å². The van der Waals surface area contributed by atoms with Crippen LogP contribution >= 0.6 is 24.0 Å². The average Bonchev–Trinajstić information content (AvgIpc) is 2.45. The first kappa shape index (κ1) is 9.57. The Hall–Kier alpha value is -0.980. The molecule has 0 saturated carbocycles. The Labute approximate surface area is 92.4 Å². The van der Waals surface area contributed by atoms with Crippen LogP contribution in [0.1, 0.15) is 11.1 Å². The molecular weight excluding hydrogens is 210 g/mol. The third-order valence-electron chi connectivity index (χ3n) is 2.18. The molecule has 70 valence electrons. The topological polar surface area (TPSA) is 23.8 Å². The summed E-state index contributed by atoms with van der Waals surface area (Å²) in [6, 6.07) is 8.48. The van der Waals surface area contributed by atoms with Crippen molar-refractivity contribution >= 4 is 34.1 Å². The van der Waals surface area contributed by atoms with Gasteiger partial charge in [0.1, 0.15) is 0 Å². The first-order chi connectivity index (χ1) is 6.72. The Morgan fingerprint density at radius 1 is 1.50 bits per heavy atom. The number of thiophene rings is 1. The zero-order valence-electron chi connectivity index (χ0n) is 7.74. The van der Waals surface area contributed by atoms with Gasteiger partial charge in [-0.2, -0.15) is 5.26 Å². The Balaban J connectivity index is 2.74. The number of hydrogen-bond acceptors (Lipinski definition) is 3. The SMILES string of the molecule is Cc1ccc2sc(S)c(CC#N)c2c1. The van der Waals surface area contributed by atoms with Crippen LogP contribution in [0.4, 0.5) is 0 Å². The number of thiol groups is 1. The molecule has 2 rings (SSSR count). The highest BCUT2D eigenvalue weighted by molar-refractivity contribution is 7.83. The second kappa shape index (κ2) is 3.64. The molecule has 2 aromatic rings. The lowest BCUT2D eigenvalue weighted by atomic mass is 10.1. The highest BCUT2D eigenvalue weighted by atomic mass is 32.2. The number of hydrogen-bond donors (Lipinski definition) is 1. The van der Waals surface area contributed by atoms with Gasteiger partial charge in [0.25, 0.3) is 0 Å². The van der Waals surface area contributed by atoms with Gasteiger partial charge in [-0.15, -0.1) is 24.0 Å². The monoisotopic (exact) mass is 219 g/mol. The van der Waals surface area contributed by atoms with Gasteiger partial charge in [0.15, 0.2) is 0 Å². The maximum absolute atomic E-state index is 8.71. The van der Waals surface area contributed by atoms with Crippen molar-refractivity contribution in [2.45, 2.75) is 17.6 Å². The fraction of sp³-hybridized carbons (Fsp3) is 0.182. The number of nitriles is 1. The van der Waals surface area contributed by atoms with Crippen LogP contribution < -0.4 is 0 Å². The van der Waals surface area contributed by atoms with Gasteiger partial charge in [0.2, 0.25) is 0 Å². The molecule has 0 bridgehead atoms. The molecule has 0 fully saturated rings. The van der Waals surface area contributed by atoms with Crippen molar-refractivity contribution in [1.29, 1.82) is 5.26 Å². The predicted molar refractivity (Wildman–Crippen MR) is 63.1 cm³/mol. The molecule has 0 aliphatic rings. The zero-order valence-corrected chi connectivity index (χ0v) is 9.45. The number of fused-ring (bicyclic) bond motifs is 1. The maximum atomic E-state index is 8.71. The van der Waals surface area contributed by atoms with Crippen molar-refractivity contribution in [1.82, 2.24) is 0 Å². The Kier molecular flexibility index (Phi) is 2.49. The van der Waals surface area contributed by atoms with Crippen LogP contribution in [0.25, 0.3) is 10.1 Å². The molecule has 0 radical (unpaired) electrons. The summed E-state index contributed by atoms with van der Waals surface area (Å²) in [6.45, 7) is 2.06. The summed E-state index contributed by atoms with van der Waals surface area (Å²) in [6.07, 6.45) is 0.447. The first-order valence-electron chi connectivity index (χ1n) is 4.30. The van der Waals surface area contributed by atoms with E-state index >= 15 is 0 Å². The van der Waals surface area contributed by atoms with Crippen molar-refractivity contribution in [3.63, 3.8) is 0 Å². The number of aryl methyl sites for hydroxylation is 1. The molecule has 1 heterocycles. The minimum Gasteiger partial charge on any atom is -0.198 e. The quantitative estimate of drug-likeness (QED) is 0.728. The van der Waals surface area contributed by atoms with Gasteiger partial charge in [-0.05, 0) is 23.9 Å². The number of nitrogens with zero attached hydrogens (tertiary/aromatic N) is 1. The molecule has 0 atom stereocenters. The Morgan fingerprint density at radius 2 is 2.29 bits per heavy atom. The summed E-state index contributed by atoms with van der Waals surface area (Å²) in [5.74, 6) is 0. The highest BCUT2D eigenvalue weighted by Crippen LogP contribution is 2.34. The number of benzene rings is 1. The van der Waals surface area contributed by atoms with Crippen LogP contribution in [0.2, 0.25) is 0 Å². The number of rotatable bonds is 1. The maximum Gasteiger partial charge on any atom is 0.0670 e. The van der Waals surface area contributed by atoms with E-state index in [0.717, 1.165) is 9.77 Å². The average molecular weight is 219 g/mol. The highest BCUT2D eigenvalue weighted by Gasteiger charge is 2.08. The van der Waals surface area contributed by atoms with Crippen molar-refractivity contribution in [2.24, 2.45) is 0 Å². The van der Waals surface area contributed by atoms with Crippen LogP contribution in [0.5, 0.6) is 0 Å². The lowest BCUT2D eigenvalue weighted by Crippen LogP contribution is -1.80. The van der Waals surface area contributed by atoms with E-state index in [-0.39, 0.29) is 0 Å². The summed E-state index contributed by atoms with van der Waals surface area (Å²) in [5.41, 5.74) is 2.29. The summed E-state index contributed by atoms with van der Waals surface area (Å²) in [7, 11) is 0. The fourth-order valence-electron chi connectivity index (χ4n) is 1.50. The molecule has 0 saturated heterocycles. The molecule has 0 aliphatic carbocycles. The largest absolute Gasteiger partial charge is 0.198 e. The lowest BCUT2D eigenvalue weighted by molar-refractivity contribution is 1.26. The second-order valence-electron chi connectivity index (χ2n) is 3.22. The Bertz CT molecular complexity index is 520. The molecule has 0 amide bonds. The molecule has 0 spiro atoms. The van der Waals surface area contributed by atoms with Crippen molar-refractivity contribution < 1.29 is 0 Å². The third-order valence-corrected chi connectivity index (χ3v) is 3.74. The molecule has 0 N–H and O–H groups in total. The van der Waals surface area contributed by atoms with E-state index in [1.54, 1.807) is 11.3 Å². The lowest BCUT2D eigenvalue weighted by Gasteiger charge is -1.95. The van der Waals surface area contributed by atoms with Gasteiger partial charge >= 0.3 is 0 Å². The first-order valence-corrected chi connectivity index (χ1v) is 5.56. The molecular formula is C11H9NS2. The van der Waals surface area contributed by atoms with Gasteiger partial charge in [-0.1, -0.05) is 17.7 Å². The van der Waals surface area contributed by atoms with Gasteiger partial charge in [0.05, 0.1) is 16.7 Å². The third kappa shape index (κ3) is 1.52. The molecule has 14 heavy (non-hydrogen) atoms. The summed E-state index contributed by atoms with van der Waals surface area (Å²) in [5, 5.41) is 9.89. The fourth-order valence-corrected chi connectivity index (χ4v) is 2.94. The molecule has 1 aromatic carbocycles. The van der Waals surface area contributed by atoms with E-state index in [1.807, 2.05) is 0 Å². The summed E-state index contributed by atoms with van der Waals surface area (Å²) in [4.78, 5) is 0. The molecule has 1 aromatic heterocycles. The minimum absolute atomic E-state index is 0.447. The van der Waals surface area contributed by atoms with Crippen LogP contribution in [-0.2, 0) is 6.42 Å². The summed E-state index contributed by atoms with van der Waals surface area (Å²) >= 11 is 6.03. The smallest absolute Gasteiger partial charge is 0.0670 e. The van der Waals surface area contributed by atoms with E-state index in [0.29, 0.717) is 6.42 Å². The molecule has 3 heteroatoms. The molecule has 0 aliphatic heterocycles. The summed E-state index contributed by atoms with van der Waals surface area (Å²) < 4.78 is 2.18. The van der Waals surface area contributed by atoms with E-state index in [1.165, 1.54) is 15.6 Å². The van der Waals surface area contributed by atoms with Crippen LogP contribution in [0, 0.1) is 18.3 Å². The van der Waals surface area contributed by atoms with Crippen molar-refractivity contribution in [3.8, 4) is 6.07 Å². The van der Waals surface area contributed by atoms with Gasteiger partial charge in [0, 0.05) is 4.70 Å². The van der Waals surface area contributed by atoms with E-state index in [9.17, 15) is 0 Å². The molecule has 0 unspecified atom stereocenters. The van der Waals surface area contributed by atoms with E-state index in [4.69, 9.17) is 5.26 Å². The van der Waals surface area contributed by atoms with Crippen LogP contribution in [0.15, 0.2) is 22.4 Å². The standard InChI is InChI=1S/C11H9NS2/c1-7-2-3-10-9(6-7)8(4-5-12)11(13)14-10/h2-3,6,13H,4H2,1H3. The van der Waals surface area contributed by atoms with Gasteiger partial charge < -0.3 is 0 Å². The molecule has 1 nitrogen and oxygen atoms in total. The zero-order chi connectivity index (χ0) is 10.1.